The highest BCUT2D eigenvalue weighted by Crippen LogP contribution is 2.21. The summed E-state index contributed by atoms with van der Waals surface area (Å²) in [5.41, 5.74) is 0. The minimum Gasteiger partial charge on any atom is -0.212 e. The fourth-order valence-corrected chi connectivity index (χ4v) is 3.97. The Hall–Kier alpha value is 0.640. The fraction of sp³-hybridized carbons (Fsp3) is 1.00. The summed E-state index contributed by atoms with van der Waals surface area (Å²) in [5.74, 6) is 0. The lowest BCUT2D eigenvalue weighted by Gasteiger charge is -2.30. The molecule has 5 heteroatoms. The van der Waals surface area contributed by atoms with Crippen LogP contribution in [0.5, 0.6) is 0 Å². The first kappa shape index (κ1) is 11.7. The van der Waals surface area contributed by atoms with Crippen molar-refractivity contribution in [3.63, 3.8) is 0 Å². The lowest BCUT2D eigenvalue weighted by atomic mass is 10.2. The number of halogens is 1. The van der Waals surface area contributed by atoms with Gasteiger partial charge in [-0.1, -0.05) is 22.6 Å². The Balaban J connectivity index is 2.71. The molecule has 0 radical (unpaired) electrons. The normalized spacial score (nSPS) is 26.6. The third kappa shape index (κ3) is 2.79. The first-order valence-electron chi connectivity index (χ1n) is 4.57. The van der Waals surface area contributed by atoms with Crippen molar-refractivity contribution >= 4 is 32.6 Å². The molecule has 13 heavy (non-hydrogen) atoms. The molecule has 0 saturated carbocycles. The maximum absolute atomic E-state index is 11.8. The monoisotopic (exact) mass is 317 g/mol. The molecule has 1 heterocycles. The molecule has 78 valence electrons. The molecule has 1 saturated heterocycles. The molecule has 1 aliphatic rings. The number of hydrogen-bond acceptors (Lipinski definition) is 2. The maximum Gasteiger partial charge on any atom is 0.216 e. The van der Waals surface area contributed by atoms with Crippen LogP contribution in [0.1, 0.15) is 26.7 Å². The largest absolute Gasteiger partial charge is 0.216 e. The molecule has 3 nitrogen and oxygen atoms in total. The quantitative estimate of drug-likeness (QED) is 0.573. The summed E-state index contributed by atoms with van der Waals surface area (Å²) in [6, 6.07) is 0. The summed E-state index contributed by atoms with van der Waals surface area (Å²) < 4.78 is 25.6. The number of nitrogens with zero attached hydrogens (tertiary/aromatic N) is 1. The average Bonchev–Trinajstić information content (AvgIpc) is 2.04. The van der Waals surface area contributed by atoms with Crippen LogP contribution in [-0.4, -0.2) is 35.0 Å². The molecule has 0 aromatic rings. The predicted octanol–water partition coefficient (Wildman–Crippen LogP) is 1.62. The van der Waals surface area contributed by atoms with Crippen molar-refractivity contribution in [1.82, 2.24) is 4.31 Å². The van der Waals surface area contributed by atoms with Gasteiger partial charge < -0.3 is 0 Å². The zero-order valence-electron chi connectivity index (χ0n) is 8.03. The Labute approximate surface area is 94.1 Å². The third-order valence-electron chi connectivity index (χ3n) is 2.28. The standard InChI is InChI=1S/C8H16INO2S/c1-7(2)13(11,12)10-5-3-4-8(9)6-10/h7-8H,3-6H2,1-2H3. The van der Waals surface area contributed by atoms with E-state index in [1.54, 1.807) is 18.2 Å². The lowest BCUT2D eigenvalue weighted by Crippen LogP contribution is -2.43. The van der Waals surface area contributed by atoms with Crippen molar-refractivity contribution in [2.24, 2.45) is 0 Å². The fourth-order valence-electron chi connectivity index (χ4n) is 1.42. The van der Waals surface area contributed by atoms with Gasteiger partial charge in [-0.25, -0.2) is 12.7 Å². The van der Waals surface area contributed by atoms with Crippen molar-refractivity contribution in [2.75, 3.05) is 13.1 Å². The molecule has 1 fully saturated rings. The summed E-state index contributed by atoms with van der Waals surface area (Å²) in [5, 5.41) is -0.283. The number of sulfonamides is 1. The second-order valence-corrected chi connectivity index (χ2v) is 7.94. The van der Waals surface area contributed by atoms with Gasteiger partial charge in [0.2, 0.25) is 10.0 Å². The molecule has 1 unspecified atom stereocenters. The van der Waals surface area contributed by atoms with Gasteiger partial charge in [-0.05, 0) is 26.7 Å². The van der Waals surface area contributed by atoms with E-state index in [1.165, 1.54) is 0 Å². The molecule has 1 rings (SSSR count). The highest BCUT2D eigenvalue weighted by Gasteiger charge is 2.29. The van der Waals surface area contributed by atoms with E-state index in [0.717, 1.165) is 12.8 Å². The van der Waals surface area contributed by atoms with Gasteiger partial charge in [0, 0.05) is 17.0 Å². The summed E-state index contributed by atoms with van der Waals surface area (Å²) in [7, 11) is -3.00. The van der Waals surface area contributed by atoms with Crippen LogP contribution < -0.4 is 0 Å². The lowest BCUT2D eigenvalue weighted by molar-refractivity contribution is 0.356. The number of piperidine rings is 1. The van der Waals surface area contributed by atoms with Crippen molar-refractivity contribution < 1.29 is 8.42 Å². The highest BCUT2D eigenvalue weighted by atomic mass is 127. The molecule has 0 aliphatic carbocycles. The van der Waals surface area contributed by atoms with Gasteiger partial charge in [-0.15, -0.1) is 0 Å². The van der Waals surface area contributed by atoms with Gasteiger partial charge in [0.1, 0.15) is 0 Å². The Morgan fingerprint density at radius 3 is 2.54 bits per heavy atom. The van der Waals surface area contributed by atoms with Crippen LogP contribution in [0.25, 0.3) is 0 Å². The van der Waals surface area contributed by atoms with Crippen LogP contribution >= 0.6 is 22.6 Å². The van der Waals surface area contributed by atoms with Crippen molar-refractivity contribution in [3.8, 4) is 0 Å². The van der Waals surface area contributed by atoms with Gasteiger partial charge in [-0.2, -0.15) is 0 Å². The molecule has 0 aromatic heterocycles. The van der Waals surface area contributed by atoms with E-state index in [9.17, 15) is 8.42 Å². The van der Waals surface area contributed by atoms with E-state index in [0.29, 0.717) is 17.0 Å². The Bertz CT molecular complexity index is 263. The highest BCUT2D eigenvalue weighted by molar-refractivity contribution is 14.1. The van der Waals surface area contributed by atoms with E-state index in [2.05, 4.69) is 22.6 Å². The molecule has 0 amide bonds. The SMILES string of the molecule is CC(C)S(=O)(=O)N1CCCC(I)C1. The minimum absolute atomic E-state index is 0.283. The van der Waals surface area contributed by atoms with E-state index in [4.69, 9.17) is 0 Å². The van der Waals surface area contributed by atoms with Crippen LogP contribution in [0.3, 0.4) is 0 Å². The van der Waals surface area contributed by atoms with Crippen LogP contribution in [-0.2, 0) is 10.0 Å². The molecule has 1 aliphatic heterocycles. The van der Waals surface area contributed by atoms with Gasteiger partial charge >= 0.3 is 0 Å². The average molecular weight is 317 g/mol. The van der Waals surface area contributed by atoms with Gasteiger partial charge in [0.25, 0.3) is 0 Å². The van der Waals surface area contributed by atoms with Crippen molar-refractivity contribution in [3.05, 3.63) is 0 Å². The molecular formula is C8H16INO2S. The summed E-state index contributed by atoms with van der Waals surface area (Å²) in [4.78, 5) is 0. The molecule has 0 aromatic carbocycles. The first-order valence-corrected chi connectivity index (χ1v) is 7.32. The maximum atomic E-state index is 11.8. The Kier molecular flexibility index (Phi) is 4.00. The molecular weight excluding hydrogens is 301 g/mol. The minimum atomic E-state index is -3.00. The number of rotatable bonds is 2. The van der Waals surface area contributed by atoms with Gasteiger partial charge in [0.15, 0.2) is 0 Å². The summed E-state index contributed by atoms with van der Waals surface area (Å²) >= 11 is 2.33. The Morgan fingerprint density at radius 2 is 2.08 bits per heavy atom. The van der Waals surface area contributed by atoms with E-state index in [1.807, 2.05) is 0 Å². The molecule has 0 N–H and O–H groups in total. The number of hydrogen-bond donors (Lipinski definition) is 0. The van der Waals surface area contributed by atoms with E-state index >= 15 is 0 Å². The Morgan fingerprint density at radius 1 is 1.46 bits per heavy atom. The summed E-state index contributed by atoms with van der Waals surface area (Å²) in [6.07, 6.45) is 2.14. The molecule has 0 bridgehead atoms. The second-order valence-electron chi connectivity index (χ2n) is 3.69. The van der Waals surface area contributed by atoms with Crippen LogP contribution in [0, 0.1) is 0 Å². The number of alkyl halides is 1. The summed E-state index contributed by atoms with van der Waals surface area (Å²) in [6.45, 7) is 4.89. The third-order valence-corrected chi connectivity index (χ3v) is 5.54. The van der Waals surface area contributed by atoms with Crippen molar-refractivity contribution in [2.45, 2.75) is 35.9 Å². The topological polar surface area (TPSA) is 37.4 Å². The molecule has 0 spiro atoms. The predicted molar refractivity (Wildman–Crippen MR) is 62.7 cm³/mol. The van der Waals surface area contributed by atoms with Crippen LogP contribution in [0.4, 0.5) is 0 Å². The van der Waals surface area contributed by atoms with Gasteiger partial charge in [-0.3, -0.25) is 0 Å². The second kappa shape index (κ2) is 4.44. The first-order chi connectivity index (χ1) is 5.94. The van der Waals surface area contributed by atoms with Gasteiger partial charge in [0.05, 0.1) is 5.25 Å². The van der Waals surface area contributed by atoms with Crippen LogP contribution in [0.2, 0.25) is 0 Å². The smallest absolute Gasteiger partial charge is 0.212 e. The molecule has 1 atom stereocenters. The zero-order valence-corrected chi connectivity index (χ0v) is 11.0. The van der Waals surface area contributed by atoms with E-state index < -0.39 is 10.0 Å². The zero-order chi connectivity index (χ0) is 10.1. The van der Waals surface area contributed by atoms with E-state index in [-0.39, 0.29) is 5.25 Å². The van der Waals surface area contributed by atoms with Crippen LogP contribution in [0.15, 0.2) is 0 Å². The van der Waals surface area contributed by atoms with Crippen molar-refractivity contribution in [1.29, 1.82) is 0 Å².